The van der Waals surface area contributed by atoms with Crippen molar-refractivity contribution in [3.63, 3.8) is 0 Å². The number of para-hydroxylation sites is 2. The smallest absolute Gasteiger partial charge is 0.234 e. The minimum atomic E-state index is -0.375. The Morgan fingerprint density at radius 1 is 0.532 bits per heavy atom. The fraction of sp³-hybridized carbons (Fsp3) is 0.313. The van der Waals surface area contributed by atoms with Crippen molar-refractivity contribution in [3.05, 3.63) is 191 Å². The number of benzene rings is 7. The van der Waals surface area contributed by atoms with Crippen LogP contribution in [0.25, 0.3) is 38.6 Å². The van der Waals surface area contributed by atoms with Gasteiger partial charge in [0, 0.05) is 61.6 Å². The summed E-state index contributed by atoms with van der Waals surface area (Å²) < 4.78 is 13.1. The lowest BCUT2D eigenvalue weighted by Crippen LogP contribution is -2.49. The first kappa shape index (κ1) is 52.5. The first-order valence-electron chi connectivity index (χ1n) is 27.1. The van der Waals surface area contributed by atoms with Crippen LogP contribution in [0.5, 0.6) is 5.75 Å². The molecule has 0 amide bonds. The highest BCUT2D eigenvalue weighted by atomic mass is 16.5. The summed E-state index contributed by atoms with van der Waals surface area (Å²) in [4.78, 5) is 58.3. The van der Waals surface area contributed by atoms with Crippen LogP contribution < -0.4 is 16.2 Å². The zero-order valence-electron chi connectivity index (χ0n) is 45.1. The Morgan fingerprint density at radius 3 is 1.66 bits per heavy atom. The summed E-state index contributed by atoms with van der Waals surface area (Å²) in [5.74, 6) is 3.79. The van der Waals surface area contributed by atoms with Gasteiger partial charge in [0.1, 0.15) is 22.7 Å². The second-order valence-electron chi connectivity index (χ2n) is 22.8. The molecule has 0 spiro atoms. The van der Waals surface area contributed by atoms with Crippen molar-refractivity contribution < 1.29 is 28.7 Å². The Hall–Kier alpha value is -7.98. The van der Waals surface area contributed by atoms with Crippen molar-refractivity contribution in [2.75, 3.05) is 11.5 Å². The van der Waals surface area contributed by atoms with Gasteiger partial charge in [0.05, 0.1) is 33.4 Å². The van der Waals surface area contributed by atoms with E-state index in [4.69, 9.17) is 30.9 Å². The number of anilines is 2. The number of carbonyl (C=O) groups excluding carboxylic acids is 4. The van der Waals surface area contributed by atoms with E-state index in [0.717, 1.165) is 69.5 Å². The number of aromatic nitrogens is 2. The highest BCUT2D eigenvalue weighted by molar-refractivity contribution is 6.52. The van der Waals surface area contributed by atoms with Crippen molar-refractivity contribution in [2.45, 2.75) is 104 Å². The summed E-state index contributed by atoms with van der Waals surface area (Å²) in [6, 6.07) is 47.3. The van der Waals surface area contributed by atoms with Gasteiger partial charge in [0.25, 0.3) is 0 Å². The van der Waals surface area contributed by atoms with Gasteiger partial charge in [-0.15, -0.1) is 0 Å². The predicted octanol–water partition coefficient (Wildman–Crippen LogP) is 14.6. The monoisotopic (exact) mass is 1020 g/mol. The van der Waals surface area contributed by atoms with Gasteiger partial charge in [-0.1, -0.05) is 148 Å². The average molecular weight is 1030 g/mol. The Labute approximate surface area is 451 Å². The van der Waals surface area contributed by atoms with Gasteiger partial charge < -0.3 is 20.9 Å². The second kappa shape index (κ2) is 21.2. The molecule has 2 fully saturated rings. The summed E-state index contributed by atoms with van der Waals surface area (Å²) in [7, 11) is 0. The van der Waals surface area contributed by atoms with Gasteiger partial charge in [-0.3, -0.25) is 19.2 Å². The number of nitrogens with two attached hydrogens (primary N) is 2. The number of Topliss-reactive ketones (excluding diaryl/α,β-unsaturated/α-hetero) is 3. The van der Waals surface area contributed by atoms with Crippen LogP contribution in [0, 0.1) is 29.6 Å². The van der Waals surface area contributed by atoms with Crippen LogP contribution in [0.4, 0.5) is 11.4 Å². The van der Waals surface area contributed by atoms with E-state index < -0.39 is 0 Å². The number of hydrogen-bond donors (Lipinski definition) is 2. The molecule has 392 valence electrons. The topological polar surface area (TPSA) is 165 Å². The molecule has 5 aliphatic rings. The van der Waals surface area contributed by atoms with E-state index in [1.54, 1.807) is 49.4 Å². The van der Waals surface area contributed by atoms with Crippen molar-refractivity contribution in [1.29, 1.82) is 0 Å². The molecular formula is C67H68N4O6. The maximum absolute atomic E-state index is 12.8. The molecular weight excluding hydrogens is 957 g/mol. The molecule has 3 aliphatic carbocycles. The van der Waals surface area contributed by atoms with Gasteiger partial charge >= 0.3 is 0 Å². The molecule has 0 saturated heterocycles. The quantitative estimate of drug-likeness (QED) is 0.0572. The fourth-order valence-electron chi connectivity index (χ4n) is 12.7. The number of rotatable bonds is 3. The second-order valence-corrected chi connectivity index (χ2v) is 22.8. The lowest BCUT2D eigenvalue weighted by Gasteiger charge is -2.50. The third kappa shape index (κ3) is 10.3. The van der Waals surface area contributed by atoms with Crippen molar-refractivity contribution in [3.8, 4) is 5.75 Å². The van der Waals surface area contributed by atoms with Gasteiger partial charge in [-0.25, -0.2) is 9.97 Å². The number of ether oxygens (including phenoxy) is 2. The molecule has 2 saturated carbocycles. The average Bonchev–Trinajstić information content (AvgIpc) is 3.47. The molecule has 4 N–H and O–H groups in total. The normalized spacial score (nSPS) is 22.3. The summed E-state index contributed by atoms with van der Waals surface area (Å²) >= 11 is 0. The minimum absolute atomic E-state index is 0.0488. The fourth-order valence-corrected chi connectivity index (χ4v) is 12.7. The maximum atomic E-state index is 12.8. The lowest BCUT2D eigenvalue weighted by molar-refractivity contribution is -0.115. The Bertz CT molecular complexity index is 3620. The largest absolute Gasteiger partial charge is 0.487 e. The Morgan fingerprint density at radius 2 is 1.05 bits per heavy atom. The summed E-state index contributed by atoms with van der Waals surface area (Å²) in [6.45, 7) is 15.0. The molecule has 1 aromatic heterocycles. The molecule has 3 heterocycles. The molecule has 13 rings (SSSR count). The van der Waals surface area contributed by atoms with Gasteiger partial charge in [-0.2, -0.15) is 0 Å². The van der Waals surface area contributed by atoms with Crippen molar-refractivity contribution >= 4 is 73.1 Å². The zero-order valence-corrected chi connectivity index (χ0v) is 45.1. The van der Waals surface area contributed by atoms with Crippen LogP contribution in [0.3, 0.4) is 0 Å². The molecule has 2 aliphatic heterocycles. The van der Waals surface area contributed by atoms with E-state index in [9.17, 15) is 19.2 Å². The van der Waals surface area contributed by atoms with E-state index >= 15 is 0 Å². The summed E-state index contributed by atoms with van der Waals surface area (Å²) in [5, 5.41) is 2.31. The Kier molecular flexibility index (Phi) is 14.5. The van der Waals surface area contributed by atoms with Crippen molar-refractivity contribution in [1.82, 2.24) is 9.97 Å². The first-order chi connectivity index (χ1) is 36.9. The molecule has 0 bridgehead atoms. The number of nitrogen functional groups attached to an aromatic ring is 2. The third-order valence-corrected chi connectivity index (χ3v) is 16.7. The van der Waals surface area contributed by atoms with Crippen LogP contribution in [-0.4, -0.2) is 44.3 Å². The third-order valence-electron chi connectivity index (χ3n) is 16.7. The highest BCUT2D eigenvalue weighted by Gasteiger charge is 2.52. The summed E-state index contributed by atoms with van der Waals surface area (Å²) in [6.07, 6.45) is 6.88. The van der Waals surface area contributed by atoms with E-state index in [1.165, 1.54) is 30.2 Å². The van der Waals surface area contributed by atoms with E-state index in [1.807, 2.05) is 72.8 Å². The molecule has 0 unspecified atom stereocenters. The lowest BCUT2D eigenvalue weighted by atomic mass is 9.62. The molecule has 0 radical (unpaired) electrons. The number of carbonyl (C=O) groups is 4. The zero-order chi connectivity index (χ0) is 54.3. The number of ketones is 4. The van der Waals surface area contributed by atoms with E-state index in [-0.39, 0.29) is 40.3 Å². The number of hydrogen-bond acceptors (Lipinski definition) is 10. The number of fused-ring (bicyclic) bond motifs is 13. The highest BCUT2D eigenvalue weighted by Crippen LogP contribution is 2.57. The van der Waals surface area contributed by atoms with Crippen molar-refractivity contribution in [2.24, 2.45) is 29.6 Å². The summed E-state index contributed by atoms with van der Waals surface area (Å²) in [5.41, 5.74) is 20.8. The molecule has 6 atom stereocenters. The van der Waals surface area contributed by atoms with E-state index in [2.05, 4.69) is 77.9 Å². The van der Waals surface area contributed by atoms with Crippen LogP contribution in [-0.2, 0) is 9.53 Å². The molecule has 10 heteroatoms. The van der Waals surface area contributed by atoms with Crippen LogP contribution in [0.1, 0.15) is 141 Å². The number of allylic oxidation sites excluding steroid dienone is 1. The Balaban J connectivity index is 0.000000125. The molecule has 77 heavy (non-hydrogen) atoms. The first-order valence-corrected chi connectivity index (χ1v) is 27.1. The standard InChI is InChI=1S/C26H26N2O.C20H22O3.C13H12N2O.C8H8O/c1-15-12-13-19-18(14-15)22-24-23(27-20-10-6-7-11-21(20)28-24)16-8-4-5-9-17(16)25(22)29-26(19,2)3;1-11-8-9-15-14(10-11)16-18(22)17(21)12-6-4-5-7-13(12)19(16)23-20(15,2)3;14-11-7-6-10(8-12(11)15)13(16)9-4-2-1-3-5-9;1-7(9)8-5-3-2-4-6-8/h4-11,15,18-19H,12-14H2,1-3H3;4-7,11,14-15H,8-10H2,1-3H3;1-8H,14-15H2;2-6H,1H3/t15-,18-,19-;11-,14-,15-;;/m00../s1. The molecule has 7 aromatic carbocycles. The van der Waals surface area contributed by atoms with E-state index in [0.29, 0.717) is 63.1 Å². The molecule has 8 aromatic rings. The van der Waals surface area contributed by atoms with Gasteiger partial charge in [0.15, 0.2) is 11.6 Å². The van der Waals surface area contributed by atoms with Gasteiger partial charge in [-0.05, 0) is 114 Å². The van der Waals surface area contributed by atoms with Crippen LogP contribution >= 0.6 is 0 Å². The van der Waals surface area contributed by atoms with Crippen LogP contribution in [0.2, 0.25) is 0 Å². The van der Waals surface area contributed by atoms with Crippen LogP contribution in [0.15, 0.2) is 157 Å². The maximum Gasteiger partial charge on any atom is 0.234 e. The minimum Gasteiger partial charge on any atom is -0.487 e. The predicted molar refractivity (Wildman–Crippen MR) is 308 cm³/mol. The molecule has 10 nitrogen and oxygen atoms in total. The number of nitrogens with zero attached hydrogens (tertiary/aromatic N) is 2. The SMILES string of the molecule is CC(=O)c1ccccc1.C[C@H]1CC[C@H]2[C@H](C1)C1=C(OC2(C)C)c2ccccc2C(=O)C1=O.C[C@H]1CC[C@H]2[C@H](C1)c1c(c3ccccc3c3nc4ccccc4nc13)OC2(C)C.Nc1ccc(C(=O)c2ccccc2)cc1N. The van der Waals surface area contributed by atoms with Gasteiger partial charge in [0.2, 0.25) is 11.6 Å².